The highest BCUT2D eigenvalue weighted by Crippen LogP contribution is 2.31. The normalized spacial score (nSPS) is 26.0. The van der Waals surface area contributed by atoms with Gasteiger partial charge in [-0.2, -0.15) is 0 Å². The lowest BCUT2D eigenvalue weighted by Gasteiger charge is -2.35. The van der Waals surface area contributed by atoms with Gasteiger partial charge < -0.3 is 10.4 Å². The maximum Gasteiger partial charge on any atom is 0.244 e. The summed E-state index contributed by atoms with van der Waals surface area (Å²) in [5.74, 6) is 0.323. The zero-order chi connectivity index (χ0) is 15.3. The van der Waals surface area contributed by atoms with Gasteiger partial charge in [0.1, 0.15) is 0 Å². The zero-order valence-corrected chi connectivity index (χ0v) is 13.1. The maximum atomic E-state index is 11.8. The summed E-state index contributed by atoms with van der Waals surface area (Å²) in [4.78, 5) is 11.8. The molecule has 1 aromatic rings. The highest BCUT2D eigenvalue weighted by atomic mass is 35.5. The average Bonchev–Trinajstić information content (AvgIpc) is 2.43. The minimum absolute atomic E-state index is 0.193. The Morgan fingerprint density at radius 3 is 3.10 bits per heavy atom. The second-order valence-electron chi connectivity index (χ2n) is 6.03. The molecule has 0 radical (unpaired) electrons. The number of nitrogens with one attached hydrogen (secondary N) is 1. The molecule has 21 heavy (non-hydrogen) atoms. The quantitative estimate of drug-likeness (QED) is 0.838. The molecule has 0 heterocycles. The third-order valence-electron chi connectivity index (χ3n) is 3.93. The minimum atomic E-state index is -0.753. The van der Waals surface area contributed by atoms with Crippen molar-refractivity contribution in [2.75, 3.05) is 6.54 Å². The standard InChI is InChI=1S/C17H22ClNO2/c1-13-4-3-9-17(21,11-13)12-19-16(20)8-7-14-5-2-6-15(18)10-14/h2,5-8,10,13,21H,3-4,9,11-12H2,1H3,(H,19,20). The summed E-state index contributed by atoms with van der Waals surface area (Å²) >= 11 is 5.89. The van der Waals surface area contributed by atoms with Crippen molar-refractivity contribution in [3.8, 4) is 0 Å². The Bertz CT molecular complexity index is 529. The highest BCUT2D eigenvalue weighted by Gasteiger charge is 2.32. The molecular weight excluding hydrogens is 286 g/mol. The lowest BCUT2D eigenvalue weighted by molar-refractivity contribution is -0.118. The van der Waals surface area contributed by atoms with Gasteiger partial charge in [-0.3, -0.25) is 4.79 Å². The number of amides is 1. The number of rotatable bonds is 4. The van der Waals surface area contributed by atoms with Crippen molar-refractivity contribution in [1.82, 2.24) is 5.32 Å². The molecule has 1 aromatic carbocycles. The van der Waals surface area contributed by atoms with Gasteiger partial charge in [-0.1, -0.05) is 43.5 Å². The monoisotopic (exact) mass is 307 g/mol. The molecule has 1 aliphatic rings. The summed E-state index contributed by atoms with van der Waals surface area (Å²) in [6, 6.07) is 7.30. The van der Waals surface area contributed by atoms with Crippen molar-refractivity contribution in [2.45, 2.75) is 38.2 Å². The van der Waals surface area contributed by atoms with Gasteiger partial charge in [0.2, 0.25) is 5.91 Å². The van der Waals surface area contributed by atoms with Gasteiger partial charge in [-0.15, -0.1) is 0 Å². The Hall–Kier alpha value is -1.32. The molecule has 2 rings (SSSR count). The lowest BCUT2D eigenvalue weighted by atomic mass is 9.79. The first-order valence-electron chi connectivity index (χ1n) is 7.41. The Labute approximate surface area is 131 Å². The molecule has 4 heteroatoms. The van der Waals surface area contributed by atoms with E-state index in [-0.39, 0.29) is 5.91 Å². The molecule has 0 spiro atoms. The second kappa shape index (κ2) is 7.10. The Balaban J connectivity index is 1.84. The van der Waals surface area contributed by atoms with E-state index < -0.39 is 5.60 Å². The van der Waals surface area contributed by atoms with Crippen molar-refractivity contribution in [3.63, 3.8) is 0 Å². The van der Waals surface area contributed by atoms with Crippen LogP contribution in [-0.2, 0) is 4.79 Å². The fourth-order valence-corrected chi connectivity index (χ4v) is 3.08. The van der Waals surface area contributed by atoms with Gasteiger partial charge in [-0.25, -0.2) is 0 Å². The van der Waals surface area contributed by atoms with E-state index in [2.05, 4.69) is 12.2 Å². The van der Waals surface area contributed by atoms with Crippen LogP contribution in [0.15, 0.2) is 30.3 Å². The Morgan fingerprint density at radius 2 is 2.38 bits per heavy atom. The van der Waals surface area contributed by atoms with Crippen LogP contribution in [0.2, 0.25) is 5.02 Å². The first-order chi connectivity index (χ1) is 9.97. The number of benzene rings is 1. The van der Waals surface area contributed by atoms with Gasteiger partial charge in [0, 0.05) is 17.6 Å². The molecule has 2 N–H and O–H groups in total. The molecule has 1 amide bonds. The van der Waals surface area contributed by atoms with Crippen LogP contribution in [0.25, 0.3) is 6.08 Å². The van der Waals surface area contributed by atoms with E-state index in [9.17, 15) is 9.90 Å². The molecule has 0 bridgehead atoms. The molecule has 0 aromatic heterocycles. The van der Waals surface area contributed by atoms with Crippen LogP contribution in [0.3, 0.4) is 0 Å². The molecule has 1 aliphatic carbocycles. The fourth-order valence-electron chi connectivity index (χ4n) is 2.89. The summed E-state index contributed by atoms with van der Waals surface area (Å²) in [5.41, 5.74) is 0.125. The van der Waals surface area contributed by atoms with Crippen LogP contribution in [0.4, 0.5) is 0 Å². The van der Waals surface area contributed by atoms with Gasteiger partial charge in [-0.05, 0) is 42.5 Å². The highest BCUT2D eigenvalue weighted by molar-refractivity contribution is 6.30. The van der Waals surface area contributed by atoms with E-state index in [1.807, 2.05) is 12.1 Å². The molecule has 3 nitrogen and oxygen atoms in total. The minimum Gasteiger partial charge on any atom is -0.388 e. The van der Waals surface area contributed by atoms with Crippen LogP contribution in [0, 0.1) is 5.92 Å². The van der Waals surface area contributed by atoms with Gasteiger partial charge in [0.25, 0.3) is 0 Å². The van der Waals surface area contributed by atoms with Crippen molar-refractivity contribution in [3.05, 3.63) is 40.9 Å². The molecule has 0 aliphatic heterocycles. The Kier molecular flexibility index (Phi) is 5.43. The topological polar surface area (TPSA) is 49.3 Å². The van der Waals surface area contributed by atoms with E-state index in [1.54, 1.807) is 18.2 Å². The number of carbonyl (C=O) groups excluding carboxylic acids is 1. The summed E-state index contributed by atoms with van der Waals surface area (Å²) in [7, 11) is 0. The van der Waals surface area contributed by atoms with Crippen molar-refractivity contribution < 1.29 is 9.90 Å². The summed E-state index contributed by atoms with van der Waals surface area (Å²) in [6.07, 6.45) is 6.88. The molecule has 1 fully saturated rings. The van der Waals surface area contributed by atoms with E-state index >= 15 is 0 Å². The predicted molar refractivity (Wildman–Crippen MR) is 86.1 cm³/mol. The third kappa shape index (κ3) is 5.18. The van der Waals surface area contributed by atoms with E-state index in [0.29, 0.717) is 17.5 Å². The van der Waals surface area contributed by atoms with Crippen molar-refractivity contribution in [2.24, 2.45) is 5.92 Å². The van der Waals surface area contributed by atoms with Crippen molar-refractivity contribution >= 4 is 23.6 Å². The van der Waals surface area contributed by atoms with Crippen LogP contribution >= 0.6 is 11.6 Å². The van der Waals surface area contributed by atoms with Gasteiger partial charge in [0.05, 0.1) is 5.60 Å². The largest absolute Gasteiger partial charge is 0.388 e. The molecule has 0 saturated heterocycles. The lowest BCUT2D eigenvalue weighted by Crippen LogP contribution is -2.45. The van der Waals surface area contributed by atoms with Crippen LogP contribution in [-0.4, -0.2) is 23.2 Å². The SMILES string of the molecule is CC1CCCC(O)(CNC(=O)C=Cc2cccc(Cl)c2)C1. The molecule has 2 unspecified atom stereocenters. The number of carbonyl (C=O) groups is 1. The predicted octanol–water partition coefficient (Wildman–Crippen LogP) is 3.41. The van der Waals surface area contributed by atoms with E-state index in [1.165, 1.54) is 6.08 Å². The average molecular weight is 308 g/mol. The molecular formula is C17H22ClNO2. The first kappa shape index (κ1) is 16.1. The third-order valence-corrected chi connectivity index (χ3v) is 4.17. The number of halogens is 1. The number of aliphatic hydroxyl groups is 1. The zero-order valence-electron chi connectivity index (χ0n) is 12.3. The fraction of sp³-hybridized carbons (Fsp3) is 0.471. The summed E-state index contributed by atoms with van der Waals surface area (Å²) in [5, 5.41) is 13.9. The van der Waals surface area contributed by atoms with E-state index in [0.717, 1.165) is 31.2 Å². The van der Waals surface area contributed by atoms with E-state index in [4.69, 9.17) is 11.6 Å². The van der Waals surface area contributed by atoms with Gasteiger partial charge in [0.15, 0.2) is 0 Å². The molecule has 2 atom stereocenters. The maximum absolute atomic E-state index is 11.8. The Morgan fingerprint density at radius 1 is 1.57 bits per heavy atom. The number of hydrogen-bond donors (Lipinski definition) is 2. The first-order valence-corrected chi connectivity index (χ1v) is 7.78. The summed E-state index contributed by atoms with van der Waals surface area (Å²) < 4.78 is 0. The van der Waals surface area contributed by atoms with Crippen LogP contribution in [0.1, 0.15) is 38.2 Å². The number of hydrogen-bond acceptors (Lipinski definition) is 2. The summed E-state index contributed by atoms with van der Waals surface area (Å²) in [6.45, 7) is 2.46. The molecule has 114 valence electrons. The van der Waals surface area contributed by atoms with Gasteiger partial charge >= 0.3 is 0 Å². The van der Waals surface area contributed by atoms with Crippen LogP contribution in [0.5, 0.6) is 0 Å². The second-order valence-corrected chi connectivity index (χ2v) is 6.47. The smallest absolute Gasteiger partial charge is 0.244 e. The van der Waals surface area contributed by atoms with Crippen LogP contribution < -0.4 is 5.32 Å². The molecule has 1 saturated carbocycles. The van der Waals surface area contributed by atoms with Crippen molar-refractivity contribution in [1.29, 1.82) is 0 Å².